The number of hydrogen-bond donors (Lipinski definition) is 1. The van der Waals surface area contributed by atoms with Crippen molar-refractivity contribution in [3.63, 3.8) is 0 Å². The van der Waals surface area contributed by atoms with Crippen LogP contribution in [0.3, 0.4) is 0 Å². The second kappa shape index (κ2) is 3.85. The molecular formula is C6H9N3O4. The van der Waals surface area contributed by atoms with Crippen LogP contribution in [-0.2, 0) is 22.6 Å². The van der Waals surface area contributed by atoms with Crippen molar-refractivity contribution >= 4 is 5.97 Å². The highest BCUT2D eigenvalue weighted by atomic mass is 16.5. The number of hydrogen-bond acceptors (Lipinski definition) is 6. The molecule has 0 aliphatic rings. The molecule has 0 radical (unpaired) electrons. The Hall–Kier alpha value is -1.63. The summed E-state index contributed by atoms with van der Waals surface area (Å²) in [5.74, 6) is -1.20. The molecule has 13 heavy (non-hydrogen) atoms. The molecule has 0 saturated heterocycles. The van der Waals surface area contributed by atoms with Crippen LogP contribution in [0.15, 0.2) is 9.21 Å². The molecular weight excluding hydrogens is 178 g/mol. The first-order chi connectivity index (χ1) is 6.17. The Balaban J connectivity index is 2.83. The van der Waals surface area contributed by atoms with Crippen molar-refractivity contribution in [3.8, 4) is 0 Å². The zero-order valence-corrected chi connectivity index (χ0v) is 7.02. The number of rotatable bonds is 3. The minimum atomic E-state index is -0.717. The number of carbonyl (C=O) groups is 1. The molecule has 2 N–H and O–H groups in total. The molecule has 0 unspecified atom stereocenters. The van der Waals surface area contributed by atoms with E-state index in [-0.39, 0.29) is 19.0 Å². The fourth-order valence-corrected chi connectivity index (χ4v) is 0.719. The summed E-state index contributed by atoms with van der Waals surface area (Å²) in [4.78, 5) is 21.7. The molecule has 7 nitrogen and oxygen atoms in total. The van der Waals surface area contributed by atoms with Crippen molar-refractivity contribution < 1.29 is 13.9 Å². The first kappa shape index (κ1) is 9.46. The molecule has 0 fully saturated rings. The van der Waals surface area contributed by atoms with Crippen LogP contribution in [-0.4, -0.2) is 22.9 Å². The largest absolute Gasteiger partial charge is 0.468 e. The zero-order chi connectivity index (χ0) is 9.84. The highest BCUT2D eigenvalue weighted by Gasteiger charge is 2.10. The van der Waals surface area contributed by atoms with Gasteiger partial charge in [-0.15, -0.1) is 5.10 Å². The number of methoxy groups -OCH3 is 1. The van der Waals surface area contributed by atoms with E-state index in [2.05, 4.69) is 14.3 Å². The van der Waals surface area contributed by atoms with Crippen LogP contribution in [0, 0.1) is 0 Å². The fraction of sp³-hybridized carbons (Fsp3) is 0.500. The third-order valence-corrected chi connectivity index (χ3v) is 1.33. The summed E-state index contributed by atoms with van der Waals surface area (Å²) in [7, 11) is 1.22. The lowest BCUT2D eigenvalue weighted by Crippen LogP contribution is -2.22. The fourth-order valence-electron chi connectivity index (χ4n) is 0.719. The Morgan fingerprint density at radius 1 is 1.77 bits per heavy atom. The van der Waals surface area contributed by atoms with Crippen LogP contribution in [0.25, 0.3) is 0 Å². The highest BCUT2D eigenvalue weighted by Crippen LogP contribution is 1.88. The predicted molar refractivity (Wildman–Crippen MR) is 40.7 cm³/mol. The number of aromatic nitrogens is 2. The van der Waals surface area contributed by atoms with Crippen LogP contribution < -0.4 is 11.5 Å². The van der Waals surface area contributed by atoms with Crippen LogP contribution in [0.5, 0.6) is 0 Å². The van der Waals surface area contributed by atoms with Crippen molar-refractivity contribution in [2.45, 2.75) is 13.1 Å². The van der Waals surface area contributed by atoms with Crippen molar-refractivity contribution in [2.24, 2.45) is 5.73 Å². The molecule has 0 bridgehead atoms. The third-order valence-electron chi connectivity index (χ3n) is 1.33. The van der Waals surface area contributed by atoms with Gasteiger partial charge in [0.15, 0.2) is 0 Å². The molecule has 0 atom stereocenters. The van der Waals surface area contributed by atoms with E-state index in [1.165, 1.54) is 7.11 Å². The van der Waals surface area contributed by atoms with Gasteiger partial charge in [0.25, 0.3) is 0 Å². The molecule has 1 rings (SSSR count). The highest BCUT2D eigenvalue weighted by molar-refractivity contribution is 5.68. The second-order valence-corrected chi connectivity index (χ2v) is 2.20. The van der Waals surface area contributed by atoms with E-state index < -0.39 is 11.7 Å². The van der Waals surface area contributed by atoms with E-state index in [0.717, 1.165) is 4.68 Å². The molecule has 0 aromatic carbocycles. The topological polar surface area (TPSA) is 100 Å². The lowest BCUT2D eigenvalue weighted by molar-refractivity contribution is -0.141. The van der Waals surface area contributed by atoms with E-state index >= 15 is 0 Å². The van der Waals surface area contributed by atoms with E-state index in [4.69, 9.17) is 5.73 Å². The SMILES string of the molecule is COC(=O)Cn1nc(CN)oc1=O. The average Bonchev–Trinajstić information content (AvgIpc) is 2.47. The van der Waals surface area contributed by atoms with Gasteiger partial charge in [-0.2, -0.15) is 4.68 Å². The Morgan fingerprint density at radius 3 is 2.92 bits per heavy atom. The van der Waals surface area contributed by atoms with Gasteiger partial charge >= 0.3 is 11.7 Å². The summed E-state index contributed by atoms with van der Waals surface area (Å²) < 4.78 is 9.77. The molecule has 7 heteroatoms. The molecule has 1 heterocycles. The van der Waals surface area contributed by atoms with Gasteiger partial charge in [0.1, 0.15) is 6.54 Å². The van der Waals surface area contributed by atoms with E-state index in [0.29, 0.717) is 0 Å². The normalized spacial score (nSPS) is 10.0. The van der Waals surface area contributed by atoms with E-state index in [1.54, 1.807) is 0 Å². The van der Waals surface area contributed by atoms with Gasteiger partial charge in [0.2, 0.25) is 5.89 Å². The van der Waals surface area contributed by atoms with Gasteiger partial charge in [0.05, 0.1) is 13.7 Å². The van der Waals surface area contributed by atoms with Crippen molar-refractivity contribution in [1.82, 2.24) is 9.78 Å². The van der Waals surface area contributed by atoms with Crippen molar-refractivity contribution in [2.75, 3.05) is 7.11 Å². The maximum absolute atomic E-state index is 10.9. The molecule has 0 aliphatic heterocycles. The van der Waals surface area contributed by atoms with E-state index in [9.17, 15) is 9.59 Å². The molecule has 0 aliphatic carbocycles. The second-order valence-electron chi connectivity index (χ2n) is 2.20. The lowest BCUT2D eigenvalue weighted by atomic mass is 10.7. The van der Waals surface area contributed by atoms with Crippen LogP contribution >= 0.6 is 0 Å². The van der Waals surface area contributed by atoms with Gasteiger partial charge in [-0.1, -0.05) is 0 Å². The number of esters is 1. The molecule has 0 saturated carbocycles. The minimum Gasteiger partial charge on any atom is -0.468 e. The molecule has 1 aromatic heterocycles. The first-order valence-corrected chi connectivity index (χ1v) is 3.51. The Labute approximate surface area is 73.1 Å². The van der Waals surface area contributed by atoms with Crippen LogP contribution in [0.4, 0.5) is 0 Å². The standard InChI is InChI=1S/C6H9N3O4/c1-12-5(10)3-9-6(11)13-4(2-7)8-9/h2-3,7H2,1H3. The summed E-state index contributed by atoms with van der Waals surface area (Å²) in [5.41, 5.74) is 5.17. The van der Waals surface area contributed by atoms with E-state index in [1.807, 2.05) is 0 Å². The Morgan fingerprint density at radius 2 is 2.46 bits per heavy atom. The van der Waals surface area contributed by atoms with Crippen LogP contribution in [0.1, 0.15) is 5.89 Å². The summed E-state index contributed by atoms with van der Waals surface area (Å²) >= 11 is 0. The van der Waals surface area contributed by atoms with Crippen molar-refractivity contribution in [1.29, 1.82) is 0 Å². The average molecular weight is 187 g/mol. The molecule has 1 aromatic rings. The maximum atomic E-state index is 10.9. The van der Waals surface area contributed by atoms with Gasteiger partial charge < -0.3 is 14.9 Å². The quantitative estimate of drug-likeness (QED) is 0.576. The maximum Gasteiger partial charge on any atom is 0.437 e. The number of nitrogens with two attached hydrogens (primary N) is 1. The summed E-state index contributed by atoms with van der Waals surface area (Å²) in [6.45, 7) is -0.248. The number of nitrogens with zero attached hydrogens (tertiary/aromatic N) is 2. The zero-order valence-electron chi connectivity index (χ0n) is 7.02. The molecule has 0 spiro atoms. The molecule has 0 amide bonds. The first-order valence-electron chi connectivity index (χ1n) is 3.51. The Bertz CT molecular complexity index is 353. The van der Waals surface area contributed by atoms with Gasteiger partial charge in [-0.3, -0.25) is 4.79 Å². The van der Waals surface area contributed by atoms with Crippen molar-refractivity contribution in [3.05, 3.63) is 16.4 Å². The molecule has 72 valence electrons. The third kappa shape index (κ3) is 2.15. The van der Waals surface area contributed by atoms with Crippen LogP contribution in [0.2, 0.25) is 0 Å². The van der Waals surface area contributed by atoms with Gasteiger partial charge in [-0.05, 0) is 0 Å². The summed E-state index contributed by atoms with van der Waals surface area (Å²) in [6.07, 6.45) is 0. The number of carbonyl (C=O) groups excluding carboxylic acids is 1. The summed E-state index contributed by atoms with van der Waals surface area (Å²) in [6, 6.07) is 0. The smallest absolute Gasteiger partial charge is 0.437 e. The van der Waals surface area contributed by atoms with Gasteiger partial charge in [0, 0.05) is 0 Å². The number of ether oxygens (including phenoxy) is 1. The van der Waals surface area contributed by atoms with Gasteiger partial charge in [-0.25, -0.2) is 4.79 Å². The Kier molecular flexibility index (Phi) is 2.80. The minimum absolute atomic E-state index is 0.0173. The summed E-state index contributed by atoms with van der Waals surface area (Å²) in [5, 5.41) is 3.63. The monoisotopic (exact) mass is 187 g/mol. The lowest BCUT2D eigenvalue weighted by Gasteiger charge is -1.94. The predicted octanol–water partition coefficient (Wildman–Crippen LogP) is -1.53.